The summed E-state index contributed by atoms with van der Waals surface area (Å²) in [5.74, 6) is 2.03. The maximum atomic E-state index is 6.21. The zero-order chi connectivity index (χ0) is 16.4. The summed E-state index contributed by atoms with van der Waals surface area (Å²) in [5.41, 5.74) is 3.74. The quantitative estimate of drug-likeness (QED) is 0.619. The third-order valence-electron chi connectivity index (χ3n) is 5.26. The monoisotopic (exact) mass is 318 g/mol. The van der Waals surface area contributed by atoms with Gasteiger partial charge in [0.05, 0.1) is 6.61 Å². The Kier molecular flexibility index (Phi) is 4.29. The van der Waals surface area contributed by atoms with E-state index in [0.717, 1.165) is 30.2 Å². The van der Waals surface area contributed by atoms with Gasteiger partial charge >= 0.3 is 0 Å². The minimum Gasteiger partial charge on any atom is -0.493 e. The van der Waals surface area contributed by atoms with Crippen LogP contribution in [0, 0.1) is 12.8 Å². The van der Waals surface area contributed by atoms with Crippen molar-refractivity contribution in [2.45, 2.75) is 31.6 Å². The highest BCUT2D eigenvalue weighted by molar-refractivity contribution is 5.90. The van der Waals surface area contributed by atoms with Crippen molar-refractivity contribution in [1.29, 1.82) is 0 Å². The van der Waals surface area contributed by atoms with Crippen molar-refractivity contribution in [3.63, 3.8) is 0 Å². The van der Waals surface area contributed by atoms with Crippen LogP contribution in [-0.4, -0.2) is 11.6 Å². The fourth-order valence-electron chi connectivity index (χ4n) is 3.63. The van der Waals surface area contributed by atoms with Crippen molar-refractivity contribution in [2.24, 2.45) is 5.92 Å². The standard InChI is InChI=1S/C22H24NO/c1-2-18(17-10-4-3-5-11-17)19-14-23-20-12-7-13-21(22(19)20)24-15-16-8-6-9-16/h3-5,7,10-14,16,18,23H,1-2,6,8-9,15H2. The van der Waals surface area contributed by atoms with Gasteiger partial charge in [0.25, 0.3) is 0 Å². The highest BCUT2D eigenvalue weighted by Gasteiger charge is 2.21. The van der Waals surface area contributed by atoms with E-state index in [4.69, 9.17) is 4.74 Å². The topological polar surface area (TPSA) is 25.0 Å². The maximum absolute atomic E-state index is 6.21. The van der Waals surface area contributed by atoms with Gasteiger partial charge in [-0.05, 0) is 48.4 Å². The van der Waals surface area contributed by atoms with E-state index in [2.05, 4.69) is 66.6 Å². The molecule has 24 heavy (non-hydrogen) atoms. The summed E-state index contributed by atoms with van der Waals surface area (Å²) in [6, 6.07) is 16.9. The van der Waals surface area contributed by atoms with E-state index in [-0.39, 0.29) is 5.92 Å². The van der Waals surface area contributed by atoms with E-state index in [1.807, 2.05) is 0 Å². The van der Waals surface area contributed by atoms with Crippen molar-refractivity contribution < 1.29 is 4.74 Å². The second-order valence-corrected chi connectivity index (χ2v) is 6.78. The zero-order valence-corrected chi connectivity index (χ0v) is 14.0. The molecule has 1 radical (unpaired) electrons. The molecule has 3 aromatic rings. The summed E-state index contributed by atoms with van der Waals surface area (Å²) in [6.45, 7) is 5.03. The molecule has 0 bridgehead atoms. The lowest BCUT2D eigenvalue weighted by Crippen LogP contribution is -2.19. The predicted molar refractivity (Wildman–Crippen MR) is 99.4 cm³/mol. The van der Waals surface area contributed by atoms with Gasteiger partial charge in [-0.1, -0.05) is 49.7 Å². The molecule has 1 heterocycles. The second-order valence-electron chi connectivity index (χ2n) is 6.78. The molecule has 1 N–H and O–H groups in total. The fourth-order valence-corrected chi connectivity index (χ4v) is 3.63. The van der Waals surface area contributed by atoms with Gasteiger partial charge in [0.1, 0.15) is 5.75 Å². The van der Waals surface area contributed by atoms with Gasteiger partial charge in [-0.25, -0.2) is 0 Å². The summed E-state index contributed by atoms with van der Waals surface area (Å²) in [5, 5.41) is 1.22. The van der Waals surface area contributed by atoms with Gasteiger partial charge in [0, 0.05) is 23.0 Å². The summed E-state index contributed by atoms with van der Waals surface area (Å²) < 4.78 is 6.21. The summed E-state index contributed by atoms with van der Waals surface area (Å²) >= 11 is 0. The molecule has 4 rings (SSSR count). The number of H-pyrrole nitrogens is 1. The maximum Gasteiger partial charge on any atom is 0.128 e. The number of hydrogen-bond acceptors (Lipinski definition) is 1. The van der Waals surface area contributed by atoms with Gasteiger partial charge in [-0.2, -0.15) is 0 Å². The average molecular weight is 318 g/mol. The largest absolute Gasteiger partial charge is 0.493 e. The van der Waals surface area contributed by atoms with Crippen molar-refractivity contribution in [2.75, 3.05) is 6.61 Å². The first-order valence-corrected chi connectivity index (χ1v) is 8.94. The minimum absolute atomic E-state index is 0.286. The lowest BCUT2D eigenvalue weighted by molar-refractivity contribution is 0.182. The van der Waals surface area contributed by atoms with E-state index in [9.17, 15) is 0 Å². The molecule has 123 valence electrons. The molecule has 0 amide bonds. The summed E-state index contributed by atoms with van der Waals surface area (Å²) in [6.07, 6.45) is 6.92. The van der Waals surface area contributed by atoms with Crippen molar-refractivity contribution >= 4 is 10.9 Å². The first-order chi connectivity index (χ1) is 11.9. The van der Waals surface area contributed by atoms with Gasteiger partial charge in [-0.3, -0.25) is 0 Å². The molecule has 1 aliphatic carbocycles. The Hall–Kier alpha value is -2.22. The average Bonchev–Trinajstić information content (AvgIpc) is 3.00. The molecule has 1 saturated carbocycles. The summed E-state index contributed by atoms with van der Waals surface area (Å²) in [7, 11) is 0. The van der Waals surface area contributed by atoms with Crippen molar-refractivity contribution in [3.8, 4) is 5.75 Å². The van der Waals surface area contributed by atoms with E-state index < -0.39 is 0 Å². The Morgan fingerprint density at radius 2 is 1.92 bits per heavy atom. The van der Waals surface area contributed by atoms with Crippen LogP contribution >= 0.6 is 0 Å². The highest BCUT2D eigenvalue weighted by atomic mass is 16.5. The van der Waals surface area contributed by atoms with Crippen LogP contribution in [0.3, 0.4) is 0 Å². The molecule has 0 spiro atoms. The van der Waals surface area contributed by atoms with Gasteiger partial charge < -0.3 is 9.72 Å². The number of nitrogens with one attached hydrogen (secondary N) is 1. The predicted octanol–water partition coefficient (Wildman–Crippen LogP) is 5.70. The van der Waals surface area contributed by atoms with Gasteiger partial charge in [-0.15, -0.1) is 0 Å². The number of benzene rings is 2. The molecule has 1 fully saturated rings. The number of hydrogen-bond donors (Lipinski definition) is 1. The van der Waals surface area contributed by atoms with E-state index in [1.165, 1.54) is 35.8 Å². The Bertz CT molecular complexity index is 801. The third kappa shape index (κ3) is 2.82. The number of fused-ring (bicyclic) bond motifs is 1. The molecule has 1 aromatic heterocycles. The van der Waals surface area contributed by atoms with E-state index in [0.29, 0.717) is 0 Å². The minimum atomic E-state index is 0.286. The van der Waals surface area contributed by atoms with Crippen LogP contribution in [0.5, 0.6) is 5.75 Å². The molecule has 2 aromatic carbocycles. The number of aromatic nitrogens is 1. The van der Waals surface area contributed by atoms with Gasteiger partial charge in [0.15, 0.2) is 0 Å². The lowest BCUT2D eigenvalue weighted by Gasteiger charge is -2.25. The SMILES string of the molecule is [CH2]CC(c1ccccc1)c1c[nH]c2cccc(OCC3CCC3)c12. The second kappa shape index (κ2) is 6.72. The molecule has 2 nitrogen and oxygen atoms in total. The van der Waals surface area contributed by atoms with Crippen LogP contribution in [-0.2, 0) is 0 Å². The van der Waals surface area contributed by atoms with Crippen LogP contribution in [0.15, 0.2) is 54.7 Å². The Labute approximate surface area is 143 Å². The molecule has 1 unspecified atom stereocenters. The fraction of sp³-hybridized carbons (Fsp3) is 0.318. The number of aromatic amines is 1. The van der Waals surface area contributed by atoms with Gasteiger partial charge in [0.2, 0.25) is 0 Å². The van der Waals surface area contributed by atoms with Crippen LogP contribution in [0.4, 0.5) is 0 Å². The normalized spacial score (nSPS) is 16.0. The van der Waals surface area contributed by atoms with Crippen molar-refractivity contribution in [3.05, 3.63) is 72.8 Å². The Balaban J connectivity index is 1.71. The van der Waals surface area contributed by atoms with Crippen molar-refractivity contribution in [1.82, 2.24) is 4.98 Å². The molecule has 0 aliphatic heterocycles. The number of ether oxygens (including phenoxy) is 1. The first kappa shape index (κ1) is 15.3. The molecule has 1 atom stereocenters. The molecule has 2 heteroatoms. The van der Waals surface area contributed by atoms with Crippen LogP contribution in [0.2, 0.25) is 0 Å². The van der Waals surface area contributed by atoms with E-state index in [1.54, 1.807) is 0 Å². The number of rotatable bonds is 6. The van der Waals surface area contributed by atoms with Crippen LogP contribution in [0.25, 0.3) is 10.9 Å². The molecule has 1 aliphatic rings. The Morgan fingerprint density at radius 1 is 1.08 bits per heavy atom. The van der Waals surface area contributed by atoms with Crippen LogP contribution in [0.1, 0.15) is 42.7 Å². The Morgan fingerprint density at radius 3 is 2.62 bits per heavy atom. The molecular weight excluding hydrogens is 294 g/mol. The molecule has 0 saturated heterocycles. The lowest BCUT2D eigenvalue weighted by atomic mass is 9.86. The highest BCUT2D eigenvalue weighted by Crippen LogP contribution is 2.38. The smallest absolute Gasteiger partial charge is 0.128 e. The zero-order valence-electron chi connectivity index (χ0n) is 14.0. The molecular formula is C22H24NO. The third-order valence-corrected chi connectivity index (χ3v) is 5.26. The summed E-state index contributed by atoms with van der Waals surface area (Å²) in [4.78, 5) is 3.42. The van der Waals surface area contributed by atoms with E-state index >= 15 is 0 Å². The first-order valence-electron chi connectivity index (χ1n) is 8.94. The van der Waals surface area contributed by atoms with Crippen LogP contribution < -0.4 is 4.74 Å².